The van der Waals surface area contributed by atoms with E-state index in [1.165, 1.54) is 4.90 Å². The summed E-state index contributed by atoms with van der Waals surface area (Å²) in [6.45, 7) is 7.24. The molecular weight excluding hydrogens is 296 g/mol. The summed E-state index contributed by atoms with van der Waals surface area (Å²) in [5.41, 5.74) is 0.862. The predicted octanol–water partition coefficient (Wildman–Crippen LogP) is 2.36. The zero-order valence-corrected chi connectivity index (χ0v) is 13.3. The largest absolute Gasteiger partial charge is 0.356 e. The van der Waals surface area contributed by atoms with E-state index >= 15 is 0 Å². The van der Waals surface area contributed by atoms with Crippen molar-refractivity contribution in [2.75, 3.05) is 20.8 Å². The Labute approximate surface area is 135 Å². The first-order valence-electron chi connectivity index (χ1n) is 7.49. The Morgan fingerprint density at radius 1 is 1.04 bits per heavy atom. The Morgan fingerprint density at radius 3 is 2.09 bits per heavy atom. The summed E-state index contributed by atoms with van der Waals surface area (Å²) in [5.74, 6) is -0.570. The van der Waals surface area contributed by atoms with Crippen LogP contribution < -0.4 is 0 Å². The van der Waals surface area contributed by atoms with Gasteiger partial charge in [-0.05, 0) is 18.6 Å². The molecule has 2 amide bonds. The van der Waals surface area contributed by atoms with Gasteiger partial charge in [-0.3, -0.25) is 14.5 Å². The first kappa shape index (κ1) is 17.1. The topological polar surface area (TPSA) is 60.2 Å². The van der Waals surface area contributed by atoms with Crippen molar-refractivity contribution in [3.63, 3.8) is 0 Å². The van der Waals surface area contributed by atoms with Crippen molar-refractivity contribution in [2.45, 2.75) is 31.6 Å². The number of rotatable bonds is 8. The molecule has 122 valence electrons. The normalized spacial score (nSPS) is 15.0. The molecule has 0 aliphatic carbocycles. The van der Waals surface area contributed by atoms with Crippen LogP contribution in [-0.2, 0) is 9.47 Å². The Balaban J connectivity index is 2.18. The van der Waals surface area contributed by atoms with Crippen LogP contribution in [0.2, 0.25) is 0 Å². The monoisotopic (exact) mass is 316 g/mol. The van der Waals surface area contributed by atoms with Crippen molar-refractivity contribution < 1.29 is 19.1 Å². The van der Waals surface area contributed by atoms with Gasteiger partial charge < -0.3 is 14.3 Å². The van der Waals surface area contributed by atoms with E-state index in [0.29, 0.717) is 30.4 Å². The number of hydrogen-bond acceptors (Lipinski definition) is 4. The van der Waals surface area contributed by atoms with Gasteiger partial charge in [0.15, 0.2) is 6.29 Å². The van der Waals surface area contributed by atoms with Gasteiger partial charge in [-0.2, -0.15) is 0 Å². The molecular formula is C17H20N2O4. The van der Waals surface area contributed by atoms with E-state index in [1.54, 1.807) is 38.5 Å². The average Bonchev–Trinajstić information content (AvgIpc) is 2.83. The molecule has 1 atom stereocenters. The molecule has 0 saturated heterocycles. The minimum absolute atomic E-state index is 0.267. The van der Waals surface area contributed by atoms with E-state index in [4.69, 9.17) is 16.0 Å². The lowest BCUT2D eigenvalue weighted by Crippen LogP contribution is -2.41. The molecule has 6 heteroatoms. The number of carbonyl (C=O) groups excluding carboxylic acids is 2. The van der Waals surface area contributed by atoms with Crippen LogP contribution in [0.3, 0.4) is 0 Å². The molecule has 1 unspecified atom stereocenters. The SMILES string of the molecule is [C-]#[N+]CCC(CCC(OC)OC)N1C(=O)c2ccccc2C1=O. The highest BCUT2D eigenvalue weighted by Crippen LogP contribution is 2.27. The van der Waals surface area contributed by atoms with Gasteiger partial charge in [0.2, 0.25) is 6.54 Å². The lowest BCUT2D eigenvalue weighted by atomic mass is 10.1. The third kappa shape index (κ3) is 3.58. The molecule has 0 fully saturated rings. The third-order valence-electron chi connectivity index (χ3n) is 4.03. The van der Waals surface area contributed by atoms with Crippen LogP contribution in [0, 0.1) is 6.57 Å². The fourth-order valence-electron chi connectivity index (χ4n) is 2.82. The standard InChI is InChI=1S/C17H20N2O4/c1-18-11-10-12(8-9-15(22-2)23-3)19-16(20)13-6-4-5-7-14(13)17(19)21/h4-7,12,15H,8-11H2,2-3H3. The summed E-state index contributed by atoms with van der Waals surface area (Å²) in [7, 11) is 3.09. The Bertz CT molecular complexity index is 584. The molecule has 1 heterocycles. The molecule has 0 bridgehead atoms. The van der Waals surface area contributed by atoms with E-state index in [2.05, 4.69) is 4.85 Å². The number of amides is 2. The van der Waals surface area contributed by atoms with Crippen molar-refractivity contribution in [3.8, 4) is 0 Å². The van der Waals surface area contributed by atoms with Crippen LogP contribution in [0.5, 0.6) is 0 Å². The van der Waals surface area contributed by atoms with Crippen molar-refractivity contribution in [1.29, 1.82) is 0 Å². The fourth-order valence-corrected chi connectivity index (χ4v) is 2.82. The zero-order valence-electron chi connectivity index (χ0n) is 13.3. The Hall–Kier alpha value is -2.23. The second-order valence-electron chi connectivity index (χ2n) is 5.33. The highest BCUT2D eigenvalue weighted by Gasteiger charge is 2.39. The van der Waals surface area contributed by atoms with Gasteiger partial charge in [0.1, 0.15) is 0 Å². The van der Waals surface area contributed by atoms with E-state index in [1.807, 2.05) is 0 Å². The van der Waals surface area contributed by atoms with Crippen molar-refractivity contribution in [2.24, 2.45) is 0 Å². The van der Waals surface area contributed by atoms with E-state index in [9.17, 15) is 9.59 Å². The number of ether oxygens (including phenoxy) is 2. The van der Waals surface area contributed by atoms with Crippen molar-refractivity contribution in [1.82, 2.24) is 4.90 Å². The number of nitrogens with zero attached hydrogens (tertiary/aromatic N) is 2. The summed E-state index contributed by atoms with van der Waals surface area (Å²) in [4.78, 5) is 29.8. The number of carbonyl (C=O) groups is 2. The summed E-state index contributed by atoms with van der Waals surface area (Å²) >= 11 is 0. The molecule has 2 rings (SSSR count). The number of benzene rings is 1. The maximum absolute atomic E-state index is 12.6. The maximum Gasteiger partial charge on any atom is 0.261 e. The Morgan fingerprint density at radius 2 is 1.61 bits per heavy atom. The van der Waals surface area contributed by atoms with Gasteiger partial charge >= 0.3 is 0 Å². The molecule has 1 aliphatic rings. The first-order chi connectivity index (χ1) is 11.1. The molecule has 0 N–H and O–H groups in total. The predicted molar refractivity (Wildman–Crippen MR) is 83.9 cm³/mol. The van der Waals surface area contributed by atoms with E-state index in [0.717, 1.165) is 0 Å². The summed E-state index contributed by atoms with van der Waals surface area (Å²) in [5, 5.41) is 0. The second kappa shape index (κ2) is 7.86. The minimum Gasteiger partial charge on any atom is -0.356 e. The molecule has 0 saturated carbocycles. The van der Waals surface area contributed by atoms with Crippen LogP contribution in [0.15, 0.2) is 24.3 Å². The van der Waals surface area contributed by atoms with Crippen LogP contribution in [0.1, 0.15) is 40.0 Å². The highest BCUT2D eigenvalue weighted by molar-refractivity contribution is 6.21. The van der Waals surface area contributed by atoms with Crippen LogP contribution in [-0.4, -0.2) is 49.8 Å². The number of fused-ring (bicyclic) bond motifs is 1. The van der Waals surface area contributed by atoms with Gasteiger partial charge in [0, 0.05) is 33.1 Å². The van der Waals surface area contributed by atoms with Crippen LogP contribution in [0.25, 0.3) is 4.85 Å². The Kier molecular flexibility index (Phi) is 5.85. The quantitative estimate of drug-likeness (QED) is 0.420. The van der Waals surface area contributed by atoms with Crippen molar-refractivity contribution in [3.05, 3.63) is 46.8 Å². The molecule has 0 aromatic heterocycles. The molecule has 6 nitrogen and oxygen atoms in total. The van der Waals surface area contributed by atoms with Gasteiger partial charge in [0.25, 0.3) is 11.8 Å². The van der Waals surface area contributed by atoms with Crippen molar-refractivity contribution >= 4 is 11.8 Å². The molecule has 23 heavy (non-hydrogen) atoms. The smallest absolute Gasteiger partial charge is 0.261 e. The first-order valence-corrected chi connectivity index (χ1v) is 7.49. The van der Waals surface area contributed by atoms with E-state index in [-0.39, 0.29) is 30.7 Å². The van der Waals surface area contributed by atoms with Gasteiger partial charge in [-0.1, -0.05) is 12.1 Å². The molecule has 0 radical (unpaired) electrons. The fraction of sp³-hybridized carbons (Fsp3) is 0.471. The van der Waals surface area contributed by atoms with Gasteiger partial charge in [-0.15, -0.1) is 0 Å². The summed E-state index contributed by atoms with van der Waals surface area (Å²) in [6.07, 6.45) is 1.14. The number of imide groups is 1. The number of methoxy groups -OCH3 is 2. The molecule has 0 spiro atoms. The molecule has 1 aliphatic heterocycles. The number of hydrogen-bond donors (Lipinski definition) is 0. The lowest BCUT2D eigenvalue weighted by Gasteiger charge is -2.26. The third-order valence-corrected chi connectivity index (χ3v) is 4.03. The van der Waals surface area contributed by atoms with E-state index < -0.39 is 0 Å². The lowest BCUT2D eigenvalue weighted by molar-refractivity contribution is -0.108. The van der Waals surface area contributed by atoms with Crippen LogP contribution in [0.4, 0.5) is 0 Å². The van der Waals surface area contributed by atoms with Crippen LogP contribution >= 0.6 is 0 Å². The molecule has 1 aromatic carbocycles. The van der Waals surface area contributed by atoms with Gasteiger partial charge in [0.05, 0.1) is 11.1 Å². The van der Waals surface area contributed by atoms with Gasteiger partial charge in [-0.25, -0.2) is 6.57 Å². The summed E-state index contributed by atoms with van der Waals surface area (Å²) < 4.78 is 10.3. The minimum atomic E-state index is -0.388. The molecule has 1 aromatic rings. The summed E-state index contributed by atoms with van der Waals surface area (Å²) in [6, 6.07) is 6.48. The highest BCUT2D eigenvalue weighted by atomic mass is 16.7. The second-order valence-corrected chi connectivity index (χ2v) is 5.33. The zero-order chi connectivity index (χ0) is 16.8. The maximum atomic E-state index is 12.6. The average molecular weight is 316 g/mol.